The van der Waals surface area contributed by atoms with Gasteiger partial charge in [-0.3, -0.25) is 18.7 Å². The second-order valence-electron chi connectivity index (χ2n) is 23.7. The highest BCUT2D eigenvalue weighted by Crippen LogP contribution is 2.50. The van der Waals surface area contributed by atoms with Crippen molar-refractivity contribution in [3.8, 4) is 0 Å². The van der Waals surface area contributed by atoms with E-state index in [0.717, 1.165) is 62.9 Å². The van der Waals surface area contributed by atoms with Gasteiger partial charge in [0.1, 0.15) is 28.8 Å². The lowest BCUT2D eigenvalue weighted by molar-refractivity contribution is -0.144. The Balaban J connectivity index is 0.000000530. The molecule has 0 aliphatic carbocycles. The second kappa shape index (κ2) is 30.7. The van der Waals surface area contributed by atoms with Gasteiger partial charge in [-0.15, -0.1) is 23.1 Å². The van der Waals surface area contributed by atoms with E-state index in [2.05, 4.69) is 58.1 Å². The lowest BCUT2D eigenvalue weighted by atomic mass is 9.77. The van der Waals surface area contributed by atoms with E-state index in [4.69, 9.17) is 41.4 Å². The second-order valence-corrected chi connectivity index (χ2v) is 28.0. The van der Waals surface area contributed by atoms with Gasteiger partial charge in [-0.05, 0) is 90.1 Å². The molecule has 0 bridgehead atoms. The number of carbonyl (C=O) groups excluding carboxylic acids is 2. The summed E-state index contributed by atoms with van der Waals surface area (Å²) < 4.78 is 78.3. The number of hydrogen-bond donors (Lipinski definition) is 2. The van der Waals surface area contributed by atoms with Gasteiger partial charge in [0.25, 0.3) is 11.8 Å². The maximum absolute atomic E-state index is 15.7. The van der Waals surface area contributed by atoms with Crippen LogP contribution < -0.4 is 10.6 Å². The van der Waals surface area contributed by atoms with Crippen LogP contribution >= 0.6 is 35.3 Å². The molecule has 2 unspecified atom stereocenters. The molecule has 3 atom stereocenters. The van der Waals surface area contributed by atoms with Gasteiger partial charge >= 0.3 is 15.6 Å². The number of β-lactam (4-membered cyclic amide) rings is 1. The van der Waals surface area contributed by atoms with Crippen LogP contribution in [0.5, 0.6) is 0 Å². The maximum atomic E-state index is 15.7. The fourth-order valence-electron chi connectivity index (χ4n) is 12.8. The molecule has 14 nitrogen and oxygen atoms in total. The summed E-state index contributed by atoms with van der Waals surface area (Å²) >= 11 is 9.34. The molecular weight excluding hydrogens is 1310 g/mol. The molecule has 3 saturated heterocycles. The third-order valence-corrected chi connectivity index (χ3v) is 21.2. The quantitative estimate of drug-likeness (QED) is 0.0133. The van der Waals surface area contributed by atoms with E-state index >= 15 is 9.59 Å². The number of thiazole rings is 1. The molecule has 8 aromatic carbocycles. The van der Waals surface area contributed by atoms with Crippen LogP contribution in [-0.4, -0.2) is 96.1 Å². The summed E-state index contributed by atoms with van der Waals surface area (Å²) in [6.07, 6.45) is 2.06. The number of nitrogens with zero attached hydrogens (tertiary/aromatic N) is 3. The number of alkyl halides is 3. The standard InChI is InChI=1S/C69H59N5O5S3.C7H11F3O4S/c1-47-58(48-42-44-77-45-43-48)61(66(80)78-62(49-26-10-2-11-27-49)50-28-12-3-13-29-50)74-64(76)60(65(74)82-47)71-63(75)59(73-79-69(54-36-20-7-21-37-54,55-38-22-8-23-39-55)56-40-24-9-25-41-56)57-46-81-67(70-57)72-68(51-30-14-4-15-31-51,52-32-16-5-17-33-52)53-34-18-6-19-35-53;8-7(9,10)15(11,12)14-5-6-1-3-13-4-2-6/h2-41,46-48,60,62,65H,42-45H2,1H3,(H,70,72)(H,71,75);6H,1-5H2/b73-59+;/t47?,60?,65-;/m1./s1. The van der Waals surface area contributed by atoms with Crippen molar-refractivity contribution in [1.82, 2.24) is 15.2 Å². The number of aromatic nitrogens is 1. The molecule has 2 N–H and O–H groups in total. The molecule has 0 saturated carbocycles. The third kappa shape index (κ3) is 14.9. The predicted molar refractivity (Wildman–Crippen MR) is 375 cm³/mol. The van der Waals surface area contributed by atoms with E-state index in [0.29, 0.717) is 50.1 Å². The number of anilines is 1. The smallest absolute Gasteiger partial charge is 0.469 e. The molecule has 5 heterocycles. The molecule has 3 fully saturated rings. The average molecular weight is 1380 g/mol. The Morgan fingerprint density at radius 3 is 1.52 bits per heavy atom. The van der Waals surface area contributed by atoms with E-state index in [1.165, 1.54) is 11.3 Å². The Morgan fingerprint density at radius 2 is 1.07 bits per heavy atom. The van der Waals surface area contributed by atoms with Gasteiger partial charge in [-0.25, -0.2) is 4.98 Å². The molecule has 21 heteroatoms. The highest BCUT2D eigenvalue weighted by molar-refractivity contribution is 8.00. The number of hydrogen-bond acceptors (Lipinski definition) is 15. The van der Waals surface area contributed by atoms with Crippen molar-refractivity contribution in [2.24, 2.45) is 17.0 Å². The lowest BCUT2D eigenvalue weighted by Crippen LogP contribution is -2.71. The Kier molecular flexibility index (Phi) is 21.6. The van der Waals surface area contributed by atoms with Crippen LogP contribution in [0.1, 0.15) is 88.9 Å². The summed E-state index contributed by atoms with van der Waals surface area (Å²) in [5, 5.41) is 14.0. The molecular formula is C76H70F3N5O9S4. The van der Waals surface area contributed by atoms with Crippen LogP contribution in [0, 0.1) is 11.8 Å². The largest absolute Gasteiger partial charge is 0.523 e. The first-order valence-corrected chi connectivity index (χ1v) is 35.6. The highest BCUT2D eigenvalue weighted by Gasteiger charge is 2.57. The number of benzene rings is 8. The summed E-state index contributed by atoms with van der Waals surface area (Å²) in [6, 6.07) is 79.4. The zero-order valence-corrected chi connectivity index (χ0v) is 56.0. The van der Waals surface area contributed by atoms with Gasteiger partial charge < -0.3 is 29.7 Å². The van der Waals surface area contributed by atoms with Crippen molar-refractivity contribution < 1.29 is 54.4 Å². The minimum atomic E-state index is -5.44. The number of thioether (sulfide) groups is 1. The molecule has 2 amide bonds. The Morgan fingerprint density at radius 1 is 0.649 bits per heavy atom. The summed E-state index contributed by atoms with van der Waals surface area (Å²) in [5.41, 5.74) is 1.33. The minimum Gasteiger partial charge on any atom is -0.469 e. The van der Waals surface area contributed by atoms with Gasteiger partial charge in [0.05, 0.1) is 12.3 Å². The highest BCUT2D eigenvalue weighted by atomic mass is 32.2. The van der Waals surface area contributed by atoms with Crippen LogP contribution in [0.3, 0.4) is 0 Å². The number of nitrogens with one attached hydrogen (secondary N) is 2. The molecule has 0 spiro atoms. The van der Waals surface area contributed by atoms with Crippen LogP contribution in [0.25, 0.3) is 0 Å². The summed E-state index contributed by atoms with van der Waals surface area (Å²) in [7, 11) is -5.44. The minimum absolute atomic E-state index is 0.0914. The van der Waals surface area contributed by atoms with Gasteiger partial charge in [0.15, 0.2) is 10.8 Å². The van der Waals surface area contributed by atoms with E-state index in [1.807, 2.05) is 212 Å². The van der Waals surface area contributed by atoms with Crippen LogP contribution in [-0.2, 0) is 54.1 Å². The fourth-order valence-corrected chi connectivity index (χ4v) is 15.9. The Labute approximate surface area is 576 Å². The monoisotopic (exact) mass is 1380 g/mol. The topological polar surface area (TPSA) is 167 Å². The van der Waals surface area contributed by atoms with E-state index in [9.17, 15) is 21.6 Å². The summed E-state index contributed by atoms with van der Waals surface area (Å²) in [4.78, 5) is 45.0. The SMILES string of the molecule is CC1S[C@@H]2C(NC(=O)/C(=N/OC(c3ccccc3)(c3ccccc3)c3ccccc3)c3csc(NC(c4ccccc4)(c4ccccc4)c4ccccc4)n3)C(=O)N2C(C(=S)OC(c2ccccc2)c2ccccc2)=C1C1CCOCC1.O=S(=O)(OCC1CCOCC1)C(F)(F)F. The number of rotatable bonds is 21. The van der Waals surface area contributed by atoms with Crippen molar-refractivity contribution in [3.05, 3.63) is 310 Å². The van der Waals surface area contributed by atoms with Crippen LogP contribution in [0.4, 0.5) is 18.3 Å². The number of ether oxygens (including phenoxy) is 3. The zero-order valence-electron chi connectivity index (χ0n) is 52.8. The van der Waals surface area contributed by atoms with Gasteiger partial charge in [0, 0.05) is 53.7 Å². The number of oxime groups is 1. The van der Waals surface area contributed by atoms with Crippen molar-refractivity contribution in [2.75, 3.05) is 38.4 Å². The zero-order chi connectivity index (χ0) is 67.4. The van der Waals surface area contributed by atoms with E-state index in [-0.39, 0.29) is 39.4 Å². The van der Waals surface area contributed by atoms with Crippen molar-refractivity contribution >= 4 is 73.1 Å². The van der Waals surface area contributed by atoms with Gasteiger partial charge in [-0.2, -0.15) is 21.6 Å². The molecule has 0 radical (unpaired) electrons. The molecule has 13 rings (SSSR count). The molecule has 4 aliphatic heterocycles. The van der Waals surface area contributed by atoms with Crippen molar-refractivity contribution in [3.63, 3.8) is 0 Å². The maximum Gasteiger partial charge on any atom is 0.523 e. The van der Waals surface area contributed by atoms with Crippen LogP contribution in [0.15, 0.2) is 264 Å². The third-order valence-electron chi connectivity index (χ3n) is 17.7. The number of carbonyl (C=O) groups is 2. The Hall–Kier alpha value is -8.80. The number of amides is 2. The van der Waals surface area contributed by atoms with E-state index < -0.39 is 56.8 Å². The first-order valence-electron chi connectivity index (χ1n) is 31.9. The number of fused-ring (bicyclic) bond motifs is 1. The molecule has 498 valence electrons. The molecule has 97 heavy (non-hydrogen) atoms. The number of thiocarbonyl (C=S) groups is 1. The summed E-state index contributed by atoms with van der Waals surface area (Å²) in [6.45, 7) is 3.79. The molecule has 4 aliphatic rings. The van der Waals surface area contributed by atoms with E-state index in [1.54, 1.807) is 16.7 Å². The number of halogens is 3. The Bertz CT molecular complexity index is 4060. The first-order chi connectivity index (χ1) is 47.2. The first kappa shape index (κ1) is 68.2. The average Bonchev–Trinajstić information content (AvgIpc) is 0.857. The summed E-state index contributed by atoms with van der Waals surface area (Å²) in [5.74, 6) is -1.03. The lowest BCUT2D eigenvalue weighted by Gasteiger charge is -2.53. The molecule has 9 aromatic rings. The van der Waals surface area contributed by atoms with Crippen molar-refractivity contribution in [2.45, 2.75) is 72.0 Å². The van der Waals surface area contributed by atoms with Gasteiger partial charge in [-0.1, -0.05) is 248 Å². The van der Waals surface area contributed by atoms with Crippen LogP contribution in [0.2, 0.25) is 0 Å². The van der Waals surface area contributed by atoms with Crippen molar-refractivity contribution in [1.29, 1.82) is 0 Å². The predicted octanol–water partition coefficient (Wildman–Crippen LogP) is 15.1. The normalized spacial score (nSPS) is 18.0. The van der Waals surface area contributed by atoms with Gasteiger partial charge in [0.2, 0.25) is 10.7 Å². The fraction of sp³-hybridized carbons (Fsp3) is 0.250. The molecule has 1 aromatic heterocycles.